The van der Waals surface area contributed by atoms with E-state index in [-0.39, 0.29) is 36.4 Å². The van der Waals surface area contributed by atoms with Crippen LogP contribution in [0.15, 0.2) is 18.2 Å². The summed E-state index contributed by atoms with van der Waals surface area (Å²) in [6, 6.07) is 3.74. The van der Waals surface area contributed by atoms with Gasteiger partial charge in [-0.2, -0.15) is 0 Å². The molecule has 0 aliphatic carbocycles. The number of anilines is 1. The van der Waals surface area contributed by atoms with Crippen LogP contribution in [0.5, 0.6) is 0 Å². The summed E-state index contributed by atoms with van der Waals surface area (Å²) in [6.07, 6.45) is 2.18. The normalized spacial score (nSPS) is 34.9. The highest BCUT2D eigenvalue weighted by molar-refractivity contribution is 6.15. The molecule has 0 saturated carbocycles. The number of amides is 3. The molecule has 0 radical (unpaired) electrons. The fourth-order valence-electron chi connectivity index (χ4n) is 5.72. The molecular weight excluding hydrogens is 389 g/mol. The Labute approximate surface area is 174 Å². The van der Waals surface area contributed by atoms with Gasteiger partial charge in [-0.05, 0) is 43.4 Å². The standard InChI is InChI=1S/C22H26FN3O4/c1-11(2)8-16-17-18(20(28)26(19(17)27)10-13-4-3-7-30-13)22(25-16)14-9-12(23)5-6-15(14)24-21(22)29/h5-6,9,11,13,16-18,25H,3-4,7-8,10H2,1-2H3,(H,24,29)/t13-,16-,17-,18+,22+/m0/s1. The van der Waals surface area contributed by atoms with Crippen LogP contribution in [0, 0.1) is 23.6 Å². The molecule has 0 aromatic heterocycles. The van der Waals surface area contributed by atoms with Crippen LogP contribution < -0.4 is 10.6 Å². The second-order valence-corrected chi connectivity index (χ2v) is 9.26. The van der Waals surface area contributed by atoms with Crippen LogP contribution in [0.1, 0.15) is 38.7 Å². The van der Waals surface area contributed by atoms with Crippen molar-refractivity contribution in [2.75, 3.05) is 18.5 Å². The average Bonchev–Trinajstić information content (AvgIpc) is 3.42. The highest BCUT2D eigenvalue weighted by Gasteiger charge is 2.70. The fraction of sp³-hybridized carbons (Fsp3) is 0.591. The van der Waals surface area contributed by atoms with Gasteiger partial charge in [0.05, 0.1) is 24.5 Å². The zero-order chi connectivity index (χ0) is 21.2. The fourth-order valence-corrected chi connectivity index (χ4v) is 5.72. The topological polar surface area (TPSA) is 87.7 Å². The van der Waals surface area contributed by atoms with Gasteiger partial charge in [0, 0.05) is 23.9 Å². The maximum absolute atomic E-state index is 14.2. The van der Waals surface area contributed by atoms with Crippen LogP contribution in [-0.4, -0.2) is 47.9 Å². The number of carbonyl (C=O) groups is 3. The molecule has 0 bridgehead atoms. The van der Waals surface area contributed by atoms with Crippen molar-refractivity contribution in [1.29, 1.82) is 0 Å². The number of ether oxygens (including phenoxy) is 1. The van der Waals surface area contributed by atoms with E-state index in [1.165, 1.54) is 23.1 Å². The number of likely N-dealkylation sites (tertiary alicyclic amines) is 1. The number of hydrogen-bond acceptors (Lipinski definition) is 5. The number of fused-ring (bicyclic) bond motifs is 4. The molecule has 4 heterocycles. The summed E-state index contributed by atoms with van der Waals surface area (Å²) < 4.78 is 19.8. The van der Waals surface area contributed by atoms with Gasteiger partial charge in [0.1, 0.15) is 11.4 Å². The van der Waals surface area contributed by atoms with Gasteiger partial charge in [-0.1, -0.05) is 13.8 Å². The van der Waals surface area contributed by atoms with E-state index in [1.807, 2.05) is 13.8 Å². The Morgan fingerprint density at radius 2 is 2.07 bits per heavy atom. The molecule has 1 aromatic carbocycles. The zero-order valence-corrected chi connectivity index (χ0v) is 17.1. The molecule has 3 fully saturated rings. The number of nitrogens with one attached hydrogen (secondary N) is 2. The van der Waals surface area contributed by atoms with Gasteiger partial charge in [-0.25, -0.2) is 4.39 Å². The minimum Gasteiger partial charge on any atom is -0.376 e. The lowest BCUT2D eigenvalue weighted by atomic mass is 9.76. The third kappa shape index (κ3) is 2.66. The van der Waals surface area contributed by atoms with Gasteiger partial charge in [0.15, 0.2) is 0 Å². The summed E-state index contributed by atoms with van der Waals surface area (Å²) >= 11 is 0. The van der Waals surface area contributed by atoms with Crippen LogP contribution in [0.25, 0.3) is 0 Å². The Morgan fingerprint density at radius 1 is 1.27 bits per heavy atom. The largest absolute Gasteiger partial charge is 0.376 e. The number of halogens is 1. The number of rotatable bonds is 4. The third-order valence-corrected chi connectivity index (χ3v) is 6.90. The summed E-state index contributed by atoms with van der Waals surface area (Å²) in [4.78, 5) is 41.5. The van der Waals surface area contributed by atoms with E-state index in [0.717, 1.165) is 12.8 Å². The predicted octanol–water partition coefficient (Wildman–Crippen LogP) is 1.77. The zero-order valence-electron chi connectivity index (χ0n) is 17.1. The molecule has 1 aromatic rings. The molecule has 5 atom stereocenters. The van der Waals surface area contributed by atoms with E-state index in [9.17, 15) is 18.8 Å². The van der Waals surface area contributed by atoms with Crippen molar-refractivity contribution < 1.29 is 23.5 Å². The smallest absolute Gasteiger partial charge is 0.250 e. The van der Waals surface area contributed by atoms with Crippen molar-refractivity contribution in [2.45, 2.75) is 50.8 Å². The minimum absolute atomic E-state index is 0.161. The SMILES string of the molecule is CC(C)C[C@@H]1N[C@@]2(C(=O)Nc3ccc(F)cc32)[C@H]2C(=O)N(C[C@@H]3CCCO3)C(=O)[C@@H]12. The van der Waals surface area contributed by atoms with Gasteiger partial charge >= 0.3 is 0 Å². The van der Waals surface area contributed by atoms with Crippen LogP contribution in [0.2, 0.25) is 0 Å². The molecule has 30 heavy (non-hydrogen) atoms. The van der Waals surface area contributed by atoms with Crippen molar-refractivity contribution in [3.63, 3.8) is 0 Å². The average molecular weight is 415 g/mol. The van der Waals surface area contributed by atoms with E-state index in [1.54, 1.807) is 0 Å². The minimum atomic E-state index is -1.43. The van der Waals surface area contributed by atoms with E-state index >= 15 is 0 Å². The van der Waals surface area contributed by atoms with E-state index in [4.69, 9.17) is 4.74 Å². The monoisotopic (exact) mass is 415 g/mol. The lowest BCUT2D eigenvalue weighted by Gasteiger charge is -2.30. The lowest BCUT2D eigenvalue weighted by Crippen LogP contribution is -2.54. The van der Waals surface area contributed by atoms with Crippen molar-refractivity contribution in [3.05, 3.63) is 29.6 Å². The maximum Gasteiger partial charge on any atom is 0.250 e. The molecule has 8 heteroatoms. The Bertz CT molecular complexity index is 929. The van der Waals surface area contributed by atoms with Gasteiger partial charge in [-0.15, -0.1) is 0 Å². The second kappa shape index (κ2) is 6.85. The van der Waals surface area contributed by atoms with Crippen LogP contribution in [-0.2, 0) is 24.7 Å². The van der Waals surface area contributed by atoms with Crippen molar-refractivity contribution >= 4 is 23.4 Å². The van der Waals surface area contributed by atoms with Crippen molar-refractivity contribution in [2.24, 2.45) is 17.8 Å². The molecule has 3 saturated heterocycles. The number of hydrogen-bond donors (Lipinski definition) is 2. The van der Waals surface area contributed by atoms with Crippen LogP contribution in [0.3, 0.4) is 0 Å². The molecular formula is C22H26FN3O4. The summed E-state index contributed by atoms with van der Waals surface area (Å²) in [6.45, 7) is 4.92. The van der Waals surface area contributed by atoms with E-state index in [2.05, 4.69) is 10.6 Å². The van der Waals surface area contributed by atoms with Crippen LogP contribution >= 0.6 is 0 Å². The number of benzene rings is 1. The summed E-state index contributed by atoms with van der Waals surface area (Å²) in [5, 5.41) is 6.12. The Kier molecular flexibility index (Phi) is 4.48. The van der Waals surface area contributed by atoms with Gasteiger partial charge < -0.3 is 10.1 Å². The van der Waals surface area contributed by atoms with Gasteiger partial charge in [0.2, 0.25) is 17.7 Å². The molecule has 4 aliphatic heterocycles. The Morgan fingerprint density at radius 3 is 2.77 bits per heavy atom. The summed E-state index contributed by atoms with van der Waals surface area (Å²) in [5.41, 5.74) is -0.538. The van der Waals surface area contributed by atoms with Gasteiger partial charge in [0.25, 0.3) is 0 Å². The molecule has 1 spiro atoms. The number of nitrogens with zero attached hydrogens (tertiary/aromatic N) is 1. The first-order valence-electron chi connectivity index (χ1n) is 10.7. The second-order valence-electron chi connectivity index (χ2n) is 9.26. The van der Waals surface area contributed by atoms with Crippen molar-refractivity contribution in [1.82, 2.24) is 10.2 Å². The summed E-state index contributed by atoms with van der Waals surface area (Å²) in [5.74, 6) is -2.79. The third-order valence-electron chi connectivity index (χ3n) is 6.90. The van der Waals surface area contributed by atoms with Crippen molar-refractivity contribution in [3.8, 4) is 0 Å². The molecule has 5 rings (SSSR count). The molecule has 160 valence electrons. The molecule has 0 unspecified atom stereocenters. The van der Waals surface area contributed by atoms with E-state index < -0.39 is 29.1 Å². The maximum atomic E-state index is 14.2. The van der Waals surface area contributed by atoms with Crippen LogP contribution in [0.4, 0.5) is 10.1 Å². The number of imide groups is 1. The Balaban J connectivity index is 1.59. The molecule has 2 N–H and O–H groups in total. The highest BCUT2D eigenvalue weighted by Crippen LogP contribution is 2.53. The molecule has 3 amide bonds. The molecule has 4 aliphatic rings. The highest BCUT2D eigenvalue weighted by atomic mass is 19.1. The Hall–Kier alpha value is -2.32. The van der Waals surface area contributed by atoms with Gasteiger partial charge in [-0.3, -0.25) is 24.6 Å². The predicted molar refractivity (Wildman–Crippen MR) is 106 cm³/mol. The first kappa shape index (κ1) is 19.6. The lowest BCUT2D eigenvalue weighted by molar-refractivity contribution is -0.144. The summed E-state index contributed by atoms with van der Waals surface area (Å²) in [7, 11) is 0. The first-order chi connectivity index (χ1) is 14.3. The van der Waals surface area contributed by atoms with E-state index in [0.29, 0.717) is 24.3 Å². The number of carbonyl (C=O) groups excluding carboxylic acids is 3. The first-order valence-corrected chi connectivity index (χ1v) is 10.7. The quantitative estimate of drug-likeness (QED) is 0.732. The molecule has 7 nitrogen and oxygen atoms in total.